The number of carbonyl (C=O) groups is 1. The zero-order valence-electron chi connectivity index (χ0n) is 17.6. The van der Waals surface area contributed by atoms with Crippen LogP contribution in [0.4, 0.5) is 17.6 Å². The zero-order valence-corrected chi connectivity index (χ0v) is 18.4. The second kappa shape index (κ2) is 8.22. The van der Waals surface area contributed by atoms with Gasteiger partial charge in [0.05, 0.1) is 5.92 Å². The first kappa shape index (κ1) is 22.8. The summed E-state index contributed by atoms with van der Waals surface area (Å²) in [7, 11) is 0. The molecule has 4 rings (SSSR count). The third-order valence-electron chi connectivity index (χ3n) is 6.67. The van der Waals surface area contributed by atoms with Gasteiger partial charge in [0.15, 0.2) is 0 Å². The maximum atomic E-state index is 13.6. The molecule has 0 amide bonds. The van der Waals surface area contributed by atoms with Crippen molar-refractivity contribution in [3.8, 4) is 0 Å². The van der Waals surface area contributed by atoms with Crippen molar-refractivity contribution in [2.75, 3.05) is 0 Å². The summed E-state index contributed by atoms with van der Waals surface area (Å²) in [4.78, 5) is 12.9. The molecule has 0 unspecified atom stereocenters. The molecule has 0 bridgehead atoms. The van der Waals surface area contributed by atoms with Crippen molar-refractivity contribution in [2.24, 2.45) is 17.3 Å². The Labute approximate surface area is 189 Å². The number of carbonyl (C=O) groups excluding carboxylic acids is 1. The Hall–Kier alpha value is -2.34. The van der Waals surface area contributed by atoms with Crippen LogP contribution in [0.2, 0.25) is 0 Å². The lowest BCUT2D eigenvalue weighted by Gasteiger charge is -2.15. The van der Waals surface area contributed by atoms with Gasteiger partial charge in [0.2, 0.25) is 0 Å². The fourth-order valence-corrected chi connectivity index (χ4v) is 4.98. The third-order valence-corrected chi connectivity index (χ3v) is 7.01. The molecule has 32 heavy (non-hydrogen) atoms. The Morgan fingerprint density at radius 2 is 1.84 bits per heavy atom. The number of benzene rings is 2. The van der Waals surface area contributed by atoms with Gasteiger partial charge in [0.1, 0.15) is 17.0 Å². The molecule has 2 aliphatic carbocycles. The first-order chi connectivity index (χ1) is 15.0. The summed E-state index contributed by atoms with van der Waals surface area (Å²) in [5.41, 5.74) is 2.12. The Morgan fingerprint density at radius 1 is 1.16 bits per heavy atom. The summed E-state index contributed by atoms with van der Waals surface area (Å²) >= 11 is 5.39. The van der Waals surface area contributed by atoms with Crippen LogP contribution in [0.1, 0.15) is 49.0 Å². The average molecular weight is 467 g/mol. The van der Waals surface area contributed by atoms with Crippen molar-refractivity contribution in [1.82, 2.24) is 0 Å². The van der Waals surface area contributed by atoms with E-state index in [0.717, 1.165) is 22.8 Å². The van der Waals surface area contributed by atoms with E-state index in [4.69, 9.17) is 16.3 Å². The van der Waals surface area contributed by atoms with Gasteiger partial charge in [0, 0.05) is 0 Å². The van der Waals surface area contributed by atoms with Crippen molar-refractivity contribution in [1.29, 1.82) is 0 Å². The fourth-order valence-electron chi connectivity index (χ4n) is 4.85. The predicted molar refractivity (Wildman–Crippen MR) is 113 cm³/mol. The SMILES string of the molecule is CC1(C)[C@H](C=C(Cl)C(F)(F)F)[C@@H]1C(=O)O[C@@H]1C[C@@H](Cc2cccc(F)c2)c2ccccc21. The van der Waals surface area contributed by atoms with Gasteiger partial charge in [-0.25, -0.2) is 4.39 Å². The van der Waals surface area contributed by atoms with E-state index in [2.05, 4.69) is 0 Å². The van der Waals surface area contributed by atoms with Crippen molar-refractivity contribution in [2.45, 2.75) is 44.9 Å². The lowest BCUT2D eigenvalue weighted by molar-refractivity contribution is -0.152. The van der Waals surface area contributed by atoms with E-state index in [-0.39, 0.29) is 11.7 Å². The summed E-state index contributed by atoms with van der Waals surface area (Å²) < 4.78 is 57.9. The van der Waals surface area contributed by atoms with Crippen LogP contribution in [0.5, 0.6) is 0 Å². The zero-order chi connectivity index (χ0) is 23.3. The highest BCUT2D eigenvalue weighted by Crippen LogP contribution is 2.61. The van der Waals surface area contributed by atoms with Crippen molar-refractivity contribution >= 4 is 17.6 Å². The molecule has 7 heteroatoms. The van der Waals surface area contributed by atoms with Crippen molar-refractivity contribution < 1.29 is 27.1 Å². The molecule has 0 radical (unpaired) electrons. The van der Waals surface area contributed by atoms with Gasteiger partial charge in [-0.3, -0.25) is 4.79 Å². The molecule has 2 aromatic rings. The van der Waals surface area contributed by atoms with Crippen LogP contribution in [0.3, 0.4) is 0 Å². The second-order valence-corrected chi connectivity index (χ2v) is 9.57. The van der Waals surface area contributed by atoms with Gasteiger partial charge < -0.3 is 4.74 Å². The minimum atomic E-state index is -4.64. The number of alkyl halides is 3. The molecule has 0 aliphatic heterocycles. The van der Waals surface area contributed by atoms with Crippen molar-refractivity contribution in [3.63, 3.8) is 0 Å². The molecule has 0 saturated heterocycles. The van der Waals surface area contributed by atoms with E-state index in [1.165, 1.54) is 12.1 Å². The molecule has 0 N–H and O–H groups in total. The lowest BCUT2D eigenvalue weighted by atomic mass is 9.93. The van der Waals surface area contributed by atoms with E-state index in [1.54, 1.807) is 19.9 Å². The highest BCUT2D eigenvalue weighted by molar-refractivity contribution is 6.30. The molecule has 2 nitrogen and oxygen atoms in total. The standard InChI is InChI=1S/C25H23ClF4O2/c1-24(2)19(13-21(26)25(28,29)30)22(24)23(31)32-20-12-15(17-8-3-4-9-18(17)20)10-14-6-5-7-16(27)11-14/h3-9,11,13,15,19-20,22H,10,12H2,1-2H3/t15-,19-,20-,22-/m1/s1. The predicted octanol–water partition coefficient (Wildman–Crippen LogP) is 7.10. The second-order valence-electron chi connectivity index (χ2n) is 9.16. The number of hydrogen-bond acceptors (Lipinski definition) is 2. The van der Waals surface area contributed by atoms with Crippen LogP contribution in [0.25, 0.3) is 0 Å². The molecule has 2 aromatic carbocycles. The molecular weight excluding hydrogens is 444 g/mol. The number of fused-ring (bicyclic) bond motifs is 1. The minimum absolute atomic E-state index is 0.0494. The normalized spacial score (nSPS) is 26.5. The van der Waals surface area contributed by atoms with Gasteiger partial charge in [-0.05, 0) is 58.9 Å². The monoisotopic (exact) mass is 466 g/mol. The Bertz CT molecular complexity index is 1060. The largest absolute Gasteiger partial charge is 0.457 e. The van der Waals surface area contributed by atoms with Gasteiger partial charge in [0.25, 0.3) is 0 Å². The lowest BCUT2D eigenvalue weighted by Crippen LogP contribution is -2.14. The third kappa shape index (κ3) is 4.42. The number of halogens is 5. The van der Waals surface area contributed by atoms with Crippen LogP contribution < -0.4 is 0 Å². The van der Waals surface area contributed by atoms with Gasteiger partial charge in [-0.2, -0.15) is 13.2 Å². The molecule has 0 spiro atoms. The molecule has 4 atom stereocenters. The first-order valence-corrected chi connectivity index (χ1v) is 10.8. The quantitative estimate of drug-likeness (QED) is 0.347. The van der Waals surface area contributed by atoms with Crippen LogP contribution in [-0.2, 0) is 16.0 Å². The van der Waals surface area contributed by atoms with E-state index < -0.39 is 40.5 Å². The molecule has 2 aliphatic rings. The van der Waals surface area contributed by atoms with E-state index in [9.17, 15) is 22.4 Å². The van der Waals surface area contributed by atoms with Crippen molar-refractivity contribution in [3.05, 3.63) is 82.1 Å². The van der Waals surface area contributed by atoms with Crippen LogP contribution in [-0.4, -0.2) is 12.1 Å². The minimum Gasteiger partial charge on any atom is -0.457 e. The van der Waals surface area contributed by atoms with Crippen LogP contribution in [0.15, 0.2) is 59.6 Å². The molecular formula is C25H23ClF4O2. The van der Waals surface area contributed by atoms with Crippen LogP contribution in [0, 0.1) is 23.1 Å². The fraction of sp³-hybridized carbons (Fsp3) is 0.400. The van der Waals surface area contributed by atoms with Crippen LogP contribution >= 0.6 is 11.6 Å². The maximum absolute atomic E-state index is 13.6. The van der Waals surface area contributed by atoms with Gasteiger partial charge in [-0.1, -0.05) is 67.9 Å². The average Bonchev–Trinajstić information content (AvgIpc) is 3.08. The maximum Gasteiger partial charge on any atom is 0.426 e. The summed E-state index contributed by atoms with van der Waals surface area (Å²) in [5.74, 6) is -2.09. The van der Waals surface area contributed by atoms with E-state index >= 15 is 0 Å². The smallest absolute Gasteiger partial charge is 0.426 e. The molecule has 170 valence electrons. The highest BCUT2D eigenvalue weighted by Gasteiger charge is 2.62. The molecule has 1 fully saturated rings. The summed E-state index contributed by atoms with van der Waals surface area (Å²) in [6.07, 6.45) is -3.06. The number of ether oxygens (including phenoxy) is 1. The topological polar surface area (TPSA) is 26.3 Å². The van der Waals surface area contributed by atoms with Gasteiger partial charge in [-0.15, -0.1) is 0 Å². The Balaban J connectivity index is 1.49. The first-order valence-electron chi connectivity index (χ1n) is 10.5. The molecule has 0 heterocycles. The van der Waals surface area contributed by atoms with E-state index in [1.807, 2.05) is 30.3 Å². The number of rotatable bonds is 5. The summed E-state index contributed by atoms with van der Waals surface area (Å²) in [5, 5.41) is -1.22. The summed E-state index contributed by atoms with van der Waals surface area (Å²) in [6.45, 7) is 3.46. The summed E-state index contributed by atoms with van der Waals surface area (Å²) in [6, 6.07) is 14.1. The number of esters is 1. The Kier molecular flexibility index (Phi) is 5.86. The highest BCUT2D eigenvalue weighted by atomic mass is 35.5. The molecule has 0 aromatic heterocycles. The van der Waals surface area contributed by atoms with Gasteiger partial charge >= 0.3 is 12.1 Å². The molecule has 1 saturated carbocycles. The Morgan fingerprint density at radius 3 is 2.50 bits per heavy atom. The number of allylic oxidation sites excluding steroid dienone is 2. The van der Waals surface area contributed by atoms with E-state index in [0.29, 0.717) is 12.8 Å². The number of hydrogen-bond donors (Lipinski definition) is 0.